The van der Waals surface area contributed by atoms with Crippen molar-refractivity contribution in [2.45, 2.75) is 45.6 Å². The molecular formula is C18H25NS. The van der Waals surface area contributed by atoms with Gasteiger partial charge in [-0.15, -0.1) is 11.3 Å². The Hall–Kier alpha value is -1.12. The van der Waals surface area contributed by atoms with Gasteiger partial charge in [-0.3, -0.25) is 0 Å². The lowest BCUT2D eigenvalue weighted by Gasteiger charge is -2.20. The molecule has 0 amide bonds. The van der Waals surface area contributed by atoms with Gasteiger partial charge in [0.05, 0.1) is 0 Å². The molecule has 1 heterocycles. The largest absolute Gasteiger partial charge is 0.312 e. The highest BCUT2D eigenvalue weighted by atomic mass is 32.1. The molecule has 0 aliphatic heterocycles. The average Bonchev–Trinajstić information content (AvgIpc) is 2.82. The van der Waals surface area contributed by atoms with Crippen molar-refractivity contribution in [3.05, 3.63) is 57.3 Å². The zero-order valence-corrected chi connectivity index (χ0v) is 14.0. The van der Waals surface area contributed by atoms with Gasteiger partial charge in [0.2, 0.25) is 0 Å². The first kappa shape index (κ1) is 15.3. The van der Waals surface area contributed by atoms with E-state index in [2.05, 4.69) is 69.4 Å². The summed E-state index contributed by atoms with van der Waals surface area (Å²) in [4.78, 5) is 2.80. The van der Waals surface area contributed by atoms with Crippen LogP contribution >= 0.6 is 11.3 Å². The monoisotopic (exact) mass is 287 g/mol. The normalized spacial score (nSPS) is 13.4. The van der Waals surface area contributed by atoms with E-state index in [0.29, 0.717) is 6.04 Å². The minimum absolute atomic E-state index is 0.228. The molecule has 1 aromatic heterocycles. The van der Waals surface area contributed by atoms with Crippen molar-refractivity contribution in [1.29, 1.82) is 0 Å². The lowest BCUT2D eigenvalue weighted by Crippen LogP contribution is -2.18. The summed E-state index contributed by atoms with van der Waals surface area (Å²) >= 11 is 1.88. The fourth-order valence-corrected chi connectivity index (χ4v) is 3.35. The zero-order valence-electron chi connectivity index (χ0n) is 13.2. The molecule has 0 aliphatic carbocycles. The third kappa shape index (κ3) is 3.71. The van der Waals surface area contributed by atoms with Gasteiger partial charge in [-0.1, -0.05) is 45.0 Å². The molecule has 0 aliphatic rings. The first-order valence-electron chi connectivity index (χ1n) is 7.23. The number of rotatable bonds is 4. The summed E-state index contributed by atoms with van der Waals surface area (Å²) in [7, 11) is 2.04. The van der Waals surface area contributed by atoms with Gasteiger partial charge in [0.1, 0.15) is 0 Å². The Morgan fingerprint density at radius 1 is 1.05 bits per heavy atom. The molecule has 20 heavy (non-hydrogen) atoms. The van der Waals surface area contributed by atoms with Crippen molar-refractivity contribution in [2.75, 3.05) is 7.05 Å². The van der Waals surface area contributed by atoms with E-state index in [0.717, 1.165) is 6.42 Å². The molecule has 0 spiro atoms. The van der Waals surface area contributed by atoms with E-state index in [-0.39, 0.29) is 5.41 Å². The number of hydrogen-bond donors (Lipinski definition) is 1. The van der Waals surface area contributed by atoms with E-state index < -0.39 is 0 Å². The van der Waals surface area contributed by atoms with Crippen LogP contribution in [0.2, 0.25) is 0 Å². The number of likely N-dealkylation sites (N-methyl/N-ethyl adjacent to an activating group) is 1. The summed E-state index contributed by atoms with van der Waals surface area (Å²) in [6.45, 7) is 8.94. The Balaban J connectivity index is 2.12. The van der Waals surface area contributed by atoms with Crippen LogP contribution in [0.1, 0.15) is 47.7 Å². The first-order valence-corrected chi connectivity index (χ1v) is 8.05. The number of thiophene rings is 1. The smallest absolute Gasteiger partial charge is 0.0453 e. The van der Waals surface area contributed by atoms with Crippen molar-refractivity contribution in [3.63, 3.8) is 0 Å². The van der Waals surface area contributed by atoms with Crippen LogP contribution in [0.4, 0.5) is 0 Å². The Labute approximate surface area is 127 Å². The minimum atomic E-state index is 0.228. The van der Waals surface area contributed by atoms with Crippen LogP contribution in [0.3, 0.4) is 0 Å². The van der Waals surface area contributed by atoms with Crippen molar-refractivity contribution in [3.8, 4) is 0 Å². The van der Waals surface area contributed by atoms with Crippen LogP contribution in [-0.2, 0) is 11.8 Å². The predicted octanol–water partition coefficient (Wildman–Crippen LogP) is 4.86. The van der Waals surface area contributed by atoms with Crippen LogP contribution in [-0.4, -0.2) is 7.05 Å². The number of nitrogens with one attached hydrogen (secondary N) is 1. The maximum atomic E-state index is 3.44. The maximum Gasteiger partial charge on any atom is 0.0453 e. The van der Waals surface area contributed by atoms with Crippen LogP contribution in [0.5, 0.6) is 0 Å². The van der Waals surface area contributed by atoms with Gasteiger partial charge in [-0.25, -0.2) is 0 Å². The standard InChI is InChI=1S/C18H25NS/c1-13-6-11-17(20-13)16(19-5)12-14-7-9-15(10-8-14)18(2,3)4/h6-11,16,19H,12H2,1-5H3. The Kier molecular flexibility index (Phi) is 4.66. The third-order valence-corrected chi connectivity index (χ3v) is 4.83. The Bertz CT molecular complexity index is 546. The second-order valence-corrected chi connectivity index (χ2v) is 7.76. The SMILES string of the molecule is CNC(Cc1ccc(C(C)(C)C)cc1)c1ccc(C)s1. The quantitative estimate of drug-likeness (QED) is 0.847. The van der Waals surface area contributed by atoms with E-state index in [4.69, 9.17) is 0 Å². The molecule has 1 atom stereocenters. The number of hydrogen-bond acceptors (Lipinski definition) is 2. The molecule has 1 N–H and O–H groups in total. The van der Waals surface area contributed by atoms with E-state index in [1.54, 1.807) is 0 Å². The van der Waals surface area contributed by atoms with E-state index in [9.17, 15) is 0 Å². The third-order valence-electron chi connectivity index (χ3n) is 3.71. The molecule has 1 nitrogen and oxygen atoms in total. The molecule has 1 unspecified atom stereocenters. The fraction of sp³-hybridized carbons (Fsp3) is 0.444. The lowest BCUT2D eigenvalue weighted by atomic mass is 9.86. The highest BCUT2D eigenvalue weighted by Gasteiger charge is 2.15. The molecule has 2 heteroatoms. The zero-order chi connectivity index (χ0) is 14.8. The highest BCUT2D eigenvalue weighted by molar-refractivity contribution is 7.12. The first-order chi connectivity index (χ1) is 9.40. The van der Waals surface area contributed by atoms with Gasteiger partial charge in [0, 0.05) is 15.8 Å². The van der Waals surface area contributed by atoms with Gasteiger partial charge in [0.25, 0.3) is 0 Å². The lowest BCUT2D eigenvalue weighted by molar-refractivity contribution is 0.586. The Morgan fingerprint density at radius 3 is 2.15 bits per heavy atom. The highest BCUT2D eigenvalue weighted by Crippen LogP contribution is 2.27. The maximum absolute atomic E-state index is 3.44. The number of aryl methyl sites for hydroxylation is 1. The van der Waals surface area contributed by atoms with Crippen LogP contribution in [0, 0.1) is 6.92 Å². The van der Waals surface area contributed by atoms with Gasteiger partial charge >= 0.3 is 0 Å². The van der Waals surface area contributed by atoms with Gasteiger partial charge < -0.3 is 5.32 Å². The summed E-state index contributed by atoms with van der Waals surface area (Å²) in [6.07, 6.45) is 1.04. The summed E-state index contributed by atoms with van der Waals surface area (Å²) in [5, 5.41) is 3.44. The fourth-order valence-electron chi connectivity index (χ4n) is 2.36. The summed E-state index contributed by atoms with van der Waals surface area (Å²) in [5.41, 5.74) is 3.02. The number of benzene rings is 1. The van der Waals surface area contributed by atoms with Crippen LogP contribution in [0.15, 0.2) is 36.4 Å². The van der Waals surface area contributed by atoms with Gasteiger partial charge in [-0.05, 0) is 49.1 Å². The molecule has 0 fully saturated rings. The predicted molar refractivity (Wildman–Crippen MR) is 89.7 cm³/mol. The van der Waals surface area contributed by atoms with Gasteiger partial charge in [0.15, 0.2) is 0 Å². The second kappa shape index (κ2) is 6.11. The van der Waals surface area contributed by atoms with Gasteiger partial charge in [-0.2, -0.15) is 0 Å². The molecule has 0 saturated carbocycles. The molecule has 2 rings (SSSR count). The molecule has 1 aromatic carbocycles. The van der Waals surface area contributed by atoms with Crippen molar-refractivity contribution < 1.29 is 0 Å². The molecule has 0 radical (unpaired) electrons. The topological polar surface area (TPSA) is 12.0 Å². The molecule has 0 bridgehead atoms. The van der Waals surface area contributed by atoms with E-state index in [1.807, 2.05) is 18.4 Å². The van der Waals surface area contributed by atoms with E-state index in [1.165, 1.54) is 20.9 Å². The average molecular weight is 287 g/mol. The Morgan fingerprint density at radius 2 is 1.70 bits per heavy atom. The van der Waals surface area contributed by atoms with Crippen LogP contribution < -0.4 is 5.32 Å². The minimum Gasteiger partial charge on any atom is -0.312 e. The summed E-state index contributed by atoms with van der Waals surface area (Å²) in [6, 6.07) is 13.9. The van der Waals surface area contributed by atoms with Crippen molar-refractivity contribution in [1.82, 2.24) is 5.32 Å². The summed E-state index contributed by atoms with van der Waals surface area (Å²) < 4.78 is 0. The molecular weight excluding hydrogens is 262 g/mol. The molecule has 0 saturated heterocycles. The van der Waals surface area contributed by atoms with Crippen molar-refractivity contribution in [2.24, 2.45) is 0 Å². The van der Waals surface area contributed by atoms with Crippen molar-refractivity contribution >= 4 is 11.3 Å². The molecule has 2 aromatic rings. The second-order valence-electron chi connectivity index (χ2n) is 6.44. The van der Waals surface area contributed by atoms with Crippen LogP contribution in [0.25, 0.3) is 0 Å². The summed E-state index contributed by atoms with van der Waals surface area (Å²) in [5.74, 6) is 0. The molecule has 108 valence electrons. The van der Waals surface area contributed by atoms with E-state index >= 15 is 0 Å².